The smallest absolute Gasteiger partial charge is 0.255 e. The summed E-state index contributed by atoms with van der Waals surface area (Å²) in [7, 11) is 0. The van der Waals surface area contributed by atoms with Crippen LogP contribution in [0.3, 0.4) is 0 Å². The fraction of sp³-hybridized carbons (Fsp3) is 0.429. The zero-order valence-electron chi connectivity index (χ0n) is 6.76. The second kappa shape index (κ2) is 3.09. The molecule has 1 aromatic rings. The van der Waals surface area contributed by atoms with E-state index in [0.29, 0.717) is 6.20 Å². The molecule has 1 heterocycles. The van der Waals surface area contributed by atoms with Crippen molar-refractivity contribution < 1.29 is 13.2 Å². The number of nitriles is 1. The van der Waals surface area contributed by atoms with Crippen LogP contribution in [-0.4, -0.2) is 9.78 Å². The van der Waals surface area contributed by atoms with Gasteiger partial charge in [0.15, 0.2) is 5.69 Å². The van der Waals surface area contributed by atoms with Crippen LogP contribution in [0.2, 0.25) is 0 Å². The third-order valence-electron chi connectivity index (χ3n) is 1.55. The second-order valence-electron chi connectivity index (χ2n) is 2.33. The maximum Gasteiger partial charge on any atom is 0.420 e. The molecule has 1 aromatic heterocycles. The van der Waals surface area contributed by atoms with Crippen molar-refractivity contribution in [1.82, 2.24) is 9.78 Å². The van der Waals surface area contributed by atoms with Gasteiger partial charge in [-0.3, -0.25) is 4.68 Å². The molecular formula is C7H6F3N3. The van der Waals surface area contributed by atoms with Crippen LogP contribution in [0.5, 0.6) is 0 Å². The Hall–Kier alpha value is -1.51. The van der Waals surface area contributed by atoms with E-state index in [1.165, 1.54) is 6.07 Å². The first-order valence-corrected chi connectivity index (χ1v) is 3.53. The van der Waals surface area contributed by atoms with E-state index in [9.17, 15) is 13.2 Å². The van der Waals surface area contributed by atoms with Gasteiger partial charge in [-0.25, -0.2) is 0 Å². The highest BCUT2D eigenvalue weighted by molar-refractivity contribution is 5.32. The van der Waals surface area contributed by atoms with Crippen molar-refractivity contribution in [2.24, 2.45) is 0 Å². The van der Waals surface area contributed by atoms with Crippen molar-refractivity contribution in [1.29, 1.82) is 5.26 Å². The van der Waals surface area contributed by atoms with Crippen molar-refractivity contribution in [2.45, 2.75) is 19.6 Å². The minimum Gasteiger partial charge on any atom is -0.255 e. The normalized spacial score (nSPS) is 11.3. The Morgan fingerprint density at radius 2 is 2.23 bits per heavy atom. The van der Waals surface area contributed by atoms with Gasteiger partial charge >= 0.3 is 6.18 Å². The molecule has 3 nitrogen and oxygen atoms in total. The van der Waals surface area contributed by atoms with Crippen LogP contribution in [0.1, 0.15) is 18.2 Å². The molecule has 0 amide bonds. The Labute approximate surface area is 72.4 Å². The van der Waals surface area contributed by atoms with Gasteiger partial charge in [-0.1, -0.05) is 0 Å². The molecule has 6 heteroatoms. The standard InChI is InChI=1S/C7H6F3N3/c1-2-13-6(3-11)5(4-12-13)7(8,9)10/h4H,2H2,1H3. The van der Waals surface area contributed by atoms with Crippen LogP contribution in [0.25, 0.3) is 0 Å². The molecule has 0 saturated heterocycles. The van der Waals surface area contributed by atoms with E-state index in [4.69, 9.17) is 5.26 Å². The van der Waals surface area contributed by atoms with Crippen LogP contribution < -0.4 is 0 Å². The molecule has 70 valence electrons. The summed E-state index contributed by atoms with van der Waals surface area (Å²) in [6.45, 7) is 1.87. The predicted molar refractivity (Wildman–Crippen MR) is 37.6 cm³/mol. The van der Waals surface area contributed by atoms with Gasteiger partial charge in [0.25, 0.3) is 0 Å². The van der Waals surface area contributed by atoms with Crippen molar-refractivity contribution in [2.75, 3.05) is 0 Å². The number of aromatic nitrogens is 2. The first-order valence-electron chi connectivity index (χ1n) is 3.53. The third-order valence-corrected chi connectivity index (χ3v) is 1.55. The second-order valence-corrected chi connectivity index (χ2v) is 2.33. The summed E-state index contributed by atoms with van der Waals surface area (Å²) in [5, 5.41) is 11.9. The molecule has 0 fully saturated rings. The summed E-state index contributed by atoms with van der Waals surface area (Å²) in [6, 6.07) is 1.48. The van der Waals surface area contributed by atoms with Crippen LogP contribution >= 0.6 is 0 Å². The minimum absolute atomic E-state index is 0.249. The zero-order valence-corrected chi connectivity index (χ0v) is 6.76. The van der Waals surface area contributed by atoms with Gasteiger partial charge in [-0.05, 0) is 6.92 Å². The van der Waals surface area contributed by atoms with Crippen molar-refractivity contribution in [3.8, 4) is 6.07 Å². The lowest BCUT2D eigenvalue weighted by atomic mass is 10.2. The lowest BCUT2D eigenvalue weighted by Gasteiger charge is -2.03. The Morgan fingerprint density at radius 1 is 1.62 bits per heavy atom. The Morgan fingerprint density at radius 3 is 2.62 bits per heavy atom. The van der Waals surface area contributed by atoms with E-state index in [2.05, 4.69) is 5.10 Å². The molecule has 0 bridgehead atoms. The van der Waals surface area contributed by atoms with Crippen molar-refractivity contribution in [3.63, 3.8) is 0 Å². The fourth-order valence-corrected chi connectivity index (χ4v) is 0.950. The van der Waals surface area contributed by atoms with Crippen LogP contribution in [-0.2, 0) is 12.7 Å². The van der Waals surface area contributed by atoms with E-state index in [0.717, 1.165) is 4.68 Å². The van der Waals surface area contributed by atoms with Crippen LogP contribution in [0.4, 0.5) is 13.2 Å². The Kier molecular flexibility index (Phi) is 2.28. The number of nitrogens with zero attached hydrogens (tertiary/aromatic N) is 3. The van der Waals surface area contributed by atoms with Gasteiger partial charge in [-0.15, -0.1) is 0 Å². The topological polar surface area (TPSA) is 41.6 Å². The van der Waals surface area contributed by atoms with Crippen molar-refractivity contribution in [3.05, 3.63) is 17.5 Å². The van der Waals surface area contributed by atoms with E-state index in [1.807, 2.05) is 0 Å². The van der Waals surface area contributed by atoms with Gasteiger partial charge in [0.1, 0.15) is 11.6 Å². The molecule has 13 heavy (non-hydrogen) atoms. The number of halogens is 3. The van der Waals surface area contributed by atoms with Crippen LogP contribution in [0.15, 0.2) is 6.20 Å². The first-order chi connectivity index (χ1) is 6.00. The lowest BCUT2D eigenvalue weighted by Crippen LogP contribution is -2.08. The number of rotatable bonds is 1. The van der Waals surface area contributed by atoms with Crippen LogP contribution in [0, 0.1) is 11.3 Å². The maximum atomic E-state index is 12.2. The quantitative estimate of drug-likeness (QED) is 0.675. The van der Waals surface area contributed by atoms with Gasteiger partial charge in [0.05, 0.1) is 6.20 Å². The largest absolute Gasteiger partial charge is 0.420 e. The Bertz CT molecular complexity index is 345. The average Bonchev–Trinajstić information content (AvgIpc) is 2.45. The van der Waals surface area contributed by atoms with E-state index < -0.39 is 17.4 Å². The van der Waals surface area contributed by atoms with Gasteiger partial charge in [0.2, 0.25) is 0 Å². The first kappa shape index (κ1) is 9.58. The van der Waals surface area contributed by atoms with E-state index in [-0.39, 0.29) is 6.54 Å². The molecule has 0 aromatic carbocycles. The highest BCUT2D eigenvalue weighted by Crippen LogP contribution is 2.31. The number of hydrogen-bond donors (Lipinski definition) is 0. The SMILES string of the molecule is CCn1ncc(C(F)(F)F)c1C#N. The third kappa shape index (κ3) is 1.64. The van der Waals surface area contributed by atoms with E-state index >= 15 is 0 Å². The van der Waals surface area contributed by atoms with E-state index in [1.54, 1.807) is 6.92 Å². The molecule has 0 aliphatic rings. The van der Waals surface area contributed by atoms with Gasteiger partial charge < -0.3 is 0 Å². The minimum atomic E-state index is -4.50. The summed E-state index contributed by atoms with van der Waals surface area (Å²) in [5.41, 5.74) is -1.41. The summed E-state index contributed by atoms with van der Waals surface area (Å²) >= 11 is 0. The maximum absolute atomic E-state index is 12.2. The van der Waals surface area contributed by atoms with Gasteiger partial charge in [-0.2, -0.15) is 23.5 Å². The highest BCUT2D eigenvalue weighted by Gasteiger charge is 2.36. The summed E-state index contributed by atoms with van der Waals surface area (Å²) in [6.07, 6.45) is -3.83. The molecule has 0 N–H and O–H groups in total. The average molecular weight is 189 g/mol. The highest BCUT2D eigenvalue weighted by atomic mass is 19.4. The molecule has 0 spiro atoms. The molecule has 0 aliphatic carbocycles. The predicted octanol–water partition coefficient (Wildman–Crippen LogP) is 1.79. The molecule has 0 atom stereocenters. The molecule has 0 unspecified atom stereocenters. The molecule has 0 aliphatic heterocycles. The van der Waals surface area contributed by atoms with Crippen molar-refractivity contribution >= 4 is 0 Å². The summed E-state index contributed by atoms with van der Waals surface area (Å²) in [5.74, 6) is 0. The molecule has 0 saturated carbocycles. The zero-order chi connectivity index (χ0) is 10.1. The monoisotopic (exact) mass is 189 g/mol. The summed E-state index contributed by atoms with van der Waals surface area (Å²) in [4.78, 5) is 0. The lowest BCUT2D eigenvalue weighted by molar-refractivity contribution is -0.137. The Balaban J connectivity index is 3.26. The number of hydrogen-bond acceptors (Lipinski definition) is 2. The summed E-state index contributed by atoms with van der Waals surface area (Å²) < 4.78 is 37.6. The molecular weight excluding hydrogens is 183 g/mol. The molecule has 1 rings (SSSR count). The fourth-order valence-electron chi connectivity index (χ4n) is 0.950. The number of alkyl halides is 3. The van der Waals surface area contributed by atoms with Gasteiger partial charge in [0, 0.05) is 6.54 Å². The number of aryl methyl sites for hydroxylation is 1. The molecule has 0 radical (unpaired) electrons.